The van der Waals surface area contributed by atoms with E-state index in [2.05, 4.69) is 0 Å². The van der Waals surface area contributed by atoms with Crippen molar-refractivity contribution >= 4 is 29.6 Å². The highest BCUT2D eigenvalue weighted by Gasteiger charge is 2.60. The monoisotopic (exact) mass is 502 g/mol. The van der Waals surface area contributed by atoms with Crippen molar-refractivity contribution in [2.45, 2.75) is 30.9 Å². The zero-order valence-electron chi connectivity index (χ0n) is 20.7. The number of Topliss-reactive ketones (excluding diaryl/α,β-unsaturated/α-hetero) is 1. The minimum Gasteiger partial charge on any atom is -0.510 e. The molecule has 0 heterocycles. The number of primary amides is 1. The summed E-state index contributed by atoms with van der Waals surface area (Å²) in [5.41, 5.74) is 5.93. The predicted octanol–water partition coefficient (Wildman–Crippen LogP) is 2.96. The van der Waals surface area contributed by atoms with Gasteiger partial charge in [-0.25, -0.2) is 0 Å². The van der Waals surface area contributed by atoms with Crippen LogP contribution < -0.4 is 5.73 Å². The summed E-state index contributed by atoms with van der Waals surface area (Å²) < 4.78 is 0. The van der Waals surface area contributed by atoms with E-state index in [1.807, 2.05) is 42.5 Å². The molecule has 0 radical (unpaired) electrons. The normalized spacial score (nSPS) is 27.4. The SMILES string of the molecule is CN(C)C1C(O)=C(C(N)=O)CC2(O)C(=O)C3=C(O)c4c(O)ccc(/C=C/c5ccccc5)c4CC3CC12. The topological polar surface area (TPSA) is 144 Å². The van der Waals surface area contributed by atoms with Gasteiger partial charge in [0.25, 0.3) is 0 Å². The van der Waals surface area contributed by atoms with Crippen molar-refractivity contribution in [1.29, 1.82) is 0 Å². The standard InChI is InChI=1S/C29H30N2O6/c1-31(2)24-20-13-17-12-18-16(9-8-15-6-4-3-5-7-15)10-11-21(32)23(18)26(34)22(17)27(35)29(20,37)14-19(25(24)33)28(30)36/h3-11,17,20,24,32-34,37H,12-14H2,1-2H3,(H2,30,36)/b9-8+. The van der Waals surface area contributed by atoms with Gasteiger partial charge in [0, 0.05) is 17.9 Å². The molecule has 1 fully saturated rings. The van der Waals surface area contributed by atoms with E-state index >= 15 is 0 Å². The lowest BCUT2D eigenvalue weighted by Crippen LogP contribution is -2.62. The molecule has 1 saturated carbocycles. The van der Waals surface area contributed by atoms with E-state index in [1.165, 1.54) is 6.07 Å². The lowest BCUT2D eigenvalue weighted by Gasteiger charge is -2.51. The number of phenolic OH excluding ortho intramolecular Hbond substituents is 1. The molecule has 0 bridgehead atoms. The first-order valence-corrected chi connectivity index (χ1v) is 12.2. The van der Waals surface area contributed by atoms with E-state index in [4.69, 9.17) is 5.73 Å². The lowest BCUT2D eigenvalue weighted by molar-refractivity contribution is -0.151. The molecular formula is C29H30N2O6. The third kappa shape index (κ3) is 3.84. The van der Waals surface area contributed by atoms with Crippen molar-refractivity contribution in [3.05, 3.63) is 81.6 Å². The molecule has 8 heteroatoms. The molecule has 0 aromatic heterocycles. The Morgan fingerprint density at radius 2 is 1.78 bits per heavy atom. The molecule has 6 N–H and O–H groups in total. The third-order valence-electron chi connectivity index (χ3n) is 7.99. The lowest BCUT2D eigenvalue weighted by atomic mass is 9.57. The molecule has 0 aliphatic heterocycles. The number of fused-ring (bicyclic) bond motifs is 3. The van der Waals surface area contributed by atoms with E-state index in [-0.39, 0.29) is 40.4 Å². The summed E-state index contributed by atoms with van der Waals surface area (Å²) in [5, 5.41) is 44.6. The Morgan fingerprint density at radius 1 is 1.08 bits per heavy atom. The number of carbonyl (C=O) groups excluding carboxylic acids is 2. The quantitative estimate of drug-likeness (QED) is 0.404. The maximum atomic E-state index is 13.8. The summed E-state index contributed by atoms with van der Waals surface area (Å²) in [6.45, 7) is 0. The van der Waals surface area contributed by atoms with Gasteiger partial charge in [-0.1, -0.05) is 48.6 Å². The van der Waals surface area contributed by atoms with Crippen molar-refractivity contribution in [3.8, 4) is 5.75 Å². The summed E-state index contributed by atoms with van der Waals surface area (Å²) >= 11 is 0. The molecule has 2 aromatic rings. The third-order valence-corrected chi connectivity index (χ3v) is 7.99. The van der Waals surface area contributed by atoms with E-state index in [9.17, 15) is 30.0 Å². The van der Waals surface area contributed by atoms with Crippen LogP contribution in [-0.2, 0) is 16.0 Å². The highest BCUT2D eigenvalue weighted by molar-refractivity contribution is 6.10. The Bertz CT molecular complexity index is 1390. The highest BCUT2D eigenvalue weighted by atomic mass is 16.3. The molecule has 0 spiro atoms. The summed E-state index contributed by atoms with van der Waals surface area (Å²) in [6, 6.07) is 12.1. The summed E-state index contributed by atoms with van der Waals surface area (Å²) in [6.07, 6.45) is 4.03. The number of aliphatic hydroxyl groups is 3. The number of rotatable bonds is 4. The van der Waals surface area contributed by atoms with Gasteiger partial charge in [0.2, 0.25) is 5.91 Å². The zero-order chi connectivity index (χ0) is 26.6. The number of nitrogens with zero attached hydrogens (tertiary/aromatic N) is 1. The largest absolute Gasteiger partial charge is 0.510 e. The smallest absolute Gasteiger partial charge is 0.248 e. The van der Waals surface area contributed by atoms with Gasteiger partial charge < -0.3 is 26.2 Å². The van der Waals surface area contributed by atoms with E-state index in [0.29, 0.717) is 12.0 Å². The van der Waals surface area contributed by atoms with Crippen LogP contribution in [0.5, 0.6) is 5.75 Å². The van der Waals surface area contributed by atoms with Gasteiger partial charge in [-0.3, -0.25) is 14.5 Å². The van der Waals surface area contributed by atoms with Crippen molar-refractivity contribution in [1.82, 2.24) is 4.90 Å². The van der Waals surface area contributed by atoms with Crippen LogP contribution in [0.1, 0.15) is 35.1 Å². The number of nitrogens with two attached hydrogens (primary N) is 1. The van der Waals surface area contributed by atoms with Crippen LogP contribution in [0, 0.1) is 11.8 Å². The van der Waals surface area contributed by atoms with E-state index < -0.39 is 41.6 Å². The predicted molar refractivity (Wildman–Crippen MR) is 139 cm³/mol. The van der Waals surface area contributed by atoms with E-state index in [0.717, 1.165) is 11.1 Å². The molecule has 3 aliphatic carbocycles. The van der Waals surface area contributed by atoms with Gasteiger partial charge in [0.1, 0.15) is 22.9 Å². The van der Waals surface area contributed by atoms with Crippen LogP contribution in [0.15, 0.2) is 59.4 Å². The number of phenols is 1. The molecule has 5 rings (SSSR count). The number of hydrogen-bond acceptors (Lipinski definition) is 7. The van der Waals surface area contributed by atoms with Gasteiger partial charge in [0.15, 0.2) is 5.78 Å². The van der Waals surface area contributed by atoms with Gasteiger partial charge >= 0.3 is 0 Å². The number of likely N-dealkylation sites (N-methyl/N-ethyl adjacent to an activating group) is 1. The Hall–Kier alpha value is -3.88. The first-order valence-electron chi connectivity index (χ1n) is 12.2. The highest BCUT2D eigenvalue weighted by Crippen LogP contribution is 2.53. The first-order chi connectivity index (χ1) is 17.5. The molecule has 1 amide bonds. The average molecular weight is 503 g/mol. The van der Waals surface area contributed by atoms with Crippen molar-refractivity contribution in [2.75, 3.05) is 14.1 Å². The summed E-state index contributed by atoms with van der Waals surface area (Å²) in [7, 11) is 3.39. The Kier molecular flexibility index (Phi) is 5.96. The van der Waals surface area contributed by atoms with Crippen LogP contribution in [0.4, 0.5) is 0 Å². The van der Waals surface area contributed by atoms with Crippen LogP contribution in [0.2, 0.25) is 0 Å². The fourth-order valence-electron chi connectivity index (χ4n) is 6.26. The Labute approximate surface area is 214 Å². The molecule has 0 saturated heterocycles. The average Bonchev–Trinajstić information content (AvgIpc) is 2.85. The second-order valence-electron chi connectivity index (χ2n) is 10.3. The zero-order valence-corrected chi connectivity index (χ0v) is 20.7. The maximum Gasteiger partial charge on any atom is 0.248 e. The van der Waals surface area contributed by atoms with Crippen LogP contribution in [-0.4, -0.2) is 62.8 Å². The van der Waals surface area contributed by atoms with Gasteiger partial charge in [-0.05, 0) is 55.6 Å². The second kappa shape index (κ2) is 8.90. The van der Waals surface area contributed by atoms with Crippen molar-refractivity contribution in [3.63, 3.8) is 0 Å². The molecular weight excluding hydrogens is 472 g/mol. The molecule has 2 aromatic carbocycles. The summed E-state index contributed by atoms with van der Waals surface area (Å²) in [5.74, 6) is -3.58. The minimum atomic E-state index is -2.04. The number of carbonyl (C=O) groups is 2. The molecule has 4 atom stereocenters. The summed E-state index contributed by atoms with van der Waals surface area (Å²) in [4.78, 5) is 27.6. The number of hydrogen-bond donors (Lipinski definition) is 5. The Morgan fingerprint density at radius 3 is 2.43 bits per heavy atom. The molecule has 37 heavy (non-hydrogen) atoms. The number of benzene rings is 2. The maximum absolute atomic E-state index is 13.8. The van der Waals surface area contributed by atoms with Crippen LogP contribution >= 0.6 is 0 Å². The van der Waals surface area contributed by atoms with Crippen LogP contribution in [0.25, 0.3) is 17.9 Å². The first kappa shape index (κ1) is 24.8. The minimum absolute atomic E-state index is 0.0356. The molecule has 192 valence electrons. The fraction of sp³-hybridized carbons (Fsp3) is 0.310. The van der Waals surface area contributed by atoms with Gasteiger partial charge in [-0.2, -0.15) is 0 Å². The molecule has 8 nitrogen and oxygen atoms in total. The van der Waals surface area contributed by atoms with Gasteiger partial charge in [-0.15, -0.1) is 0 Å². The van der Waals surface area contributed by atoms with Crippen molar-refractivity contribution in [2.24, 2.45) is 17.6 Å². The number of aromatic hydroxyl groups is 1. The van der Waals surface area contributed by atoms with E-state index in [1.54, 1.807) is 25.1 Å². The van der Waals surface area contributed by atoms with Crippen molar-refractivity contribution < 1.29 is 30.0 Å². The van der Waals surface area contributed by atoms with Crippen LogP contribution in [0.3, 0.4) is 0 Å². The fourth-order valence-corrected chi connectivity index (χ4v) is 6.26. The molecule has 4 unspecified atom stereocenters. The molecule has 3 aliphatic rings. The number of ketones is 1. The van der Waals surface area contributed by atoms with Gasteiger partial charge in [0.05, 0.1) is 17.2 Å². The number of aliphatic hydroxyl groups excluding tert-OH is 2. The number of amides is 1. The Balaban J connectivity index is 1.63. The second-order valence-corrected chi connectivity index (χ2v) is 10.3.